The second kappa shape index (κ2) is 6.71. The van der Waals surface area contributed by atoms with Gasteiger partial charge in [0, 0.05) is 30.6 Å². The highest BCUT2D eigenvalue weighted by Gasteiger charge is 2.07. The molecule has 0 heterocycles. The van der Waals surface area contributed by atoms with Crippen LogP contribution in [0.3, 0.4) is 0 Å². The SMILES string of the molecule is CN(C)C(=S)OCCC(=O)c1ccc(Br)cc1. The third kappa shape index (κ3) is 4.83. The summed E-state index contributed by atoms with van der Waals surface area (Å²) in [6.07, 6.45) is 0.329. The number of nitrogens with zero attached hydrogens (tertiary/aromatic N) is 1. The Morgan fingerprint density at radius 1 is 1.35 bits per heavy atom. The van der Waals surface area contributed by atoms with E-state index in [1.165, 1.54) is 0 Å². The van der Waals surface area contributed by atoms with Crippen LogP contribution < -0.4 is 0 Å². The van der Waals surface area contributed by atoms with E-state index in [1.807, 2.05) is 12.1 Å². The van der Waals surface area contributed by atoms with Gasteiger partial charge in [0.15, 0.2) is 5.78 Å². The molecule has 0 saturated heterocycles. The maximum absolute atomic E-state index is 11.8. The first kappa shape index (κ1) is 14.1. The smallest absolute Gasteiger partial charge is 0.258 e. The van der Waals surface area contributed by atoms with Gasteiger partial charge in [0.1, 0.15) is 0 Å². The minimum atomic E-state index is 0.0547. The van der Waals surface area contributed by atoms with Crippen LogP contribution in [0.1, 0.15) is 16.8 Å². The van der Waals surface area contributed by atoms with Gasteiger partial charge in [0.05, 0.1) is 6.61 Å². The van der Waals surface area contributed by atoms with Crippen molar-refractivity contribution in [3.05, 3.63) is 34.3 Å². The Hall–Kier alpha value is -0.940. The van der Waals surface area contributed by atoms with E-state index < -0.39 is 0 Å². The van der Waals surface area contributed by atoms with E-state index in [0.29, 0.717) is 23.8 Å². The van der Waals surface area contributed by atoms with Crippen LogP contribution in [0.25, 0.3) is 0 Å². The second-order valence-corrected chi connectivity index (χ2v) is 4.95. The minimum absolute atomic E-state index is 0.0547. The van der Waals surface area contributed by atoms with Crippen LogP contribution in [0.2, 0.25) is 0 Å². The number of carbonyl (C=O) groups excluding carboxylic acids is 1. The summed E-state index contributed by atoms with van der Waals surface area (Å²) < 4.78 is 6.20. The van der Waals surface area contributed by atoms with E-state index in [9.17, 15) is 4.79 Å². The molecule has 0 N–H and O–H groups in total. The van der Waals surface area contributed by atoms with Crippen LogP contribution in [0, 0.1) is 0 Å². The number of ketones is 1. The molecule has 92 valence electrons. The van der Waals surface area contributed by atoms with Gasteiger partial charge in [-0.25, -0.2) is 0 Å². The average molecular weight is 316 g/mol. The van der Waals surface area contributed by atoms with Gasteiger partial charge in [0.25, 0.3) is 5.17 Å². The van der Waals surface area contributed by atoms with Gasteiger partial charge < -0.3 is 9.64 Å². The predicted molar refractivity (Wildman–Crippen MR) is 75.3 cm³/mol. The molecule has 1 aromatic rings. The third-order valence-electron chi connectivity index (χ3n) is 2.09. The molecule has 0 saturated carbocycles. The lowest BCUT2D eigenvalue weighted by Crippen LogP contribution is -2.23. The lowest BCUT2D eigenvalue weighted by Gasteiger charge is -2.13. The topological polar surface area (TPSA) is 29.5 Å². The largest absolute Gasteiger partial charge is 0.470 e. The van der Waals surface area contributed by atoms with Gasteiger partial charge >= 0.3 is 0 Å². The molecule has 0 aliphatic rings. The molecule has 0 atom stereocenters. The third-order valence-corrected chi connectivity index (χ3v) is 3.10. The van der Waals surface area contributed by atoms with Crippen LogP contribution >= 0.6 is 28.1 Å². The molecule has 17 heavy (non-hydrogen) atoms. The van der Waals surface area contributed by atoms with Crippen molar-refractivity contribution in [1.29, 1.82) is 0 Å². The van der Waals surface area contributed by atoms with Crippen molar-refractivity contribution in [1.82, 2.24) is 4.90 Å². The van der Waals surface area contributed by atoms with E-state index in [4.69, 9.17) is 17.0 Å². The van der Waals surface area contributed by atoms with Crippen molar-refractivity contribution in [3.63, 3.8) is 0 Å². The molecule has 0 fully saturated rings. The van der Waals surface area contributed by atoms with Gasteiger partial charge in [-0.05, 0) is 24.4 Å². The first-order chi connectivity index (χ1) is 8.00. The number of ether oxygens (including phenoxy) is 1. The van der Waals surface area contributed by atoms with Crippen LogP contribution in [0.4, 0.5) is 0 Å². The molecule has 0 aliphatic heterocycles. The molecular weight excluding hydrogens is 302 g/mol. The Morgan fingerprint density at radius 3 is 2.47 bits per heavy atom. The molecule has 3 nitrogen and oxygen atoms in total. The van der Waals surface area contributed by atoms with Gasteiger partial charge in [-0.3, -0.25) is 4.79 Å². The lowest BCUT2D eigenvalue weighted by atomic mass is 10.1. The van der Waals surface area contributed by atoms with Gasteiger partial charge in [-0.15, -0.1) is 0 Å². The monoisotopic (exact) mass is 315 g/mol. The molecule has 0 aliphatic carbocycles. The standard InChI is InChI=1S/C12H14BrNO2S/c1-14(2)12(17)16-8-7-11(15)9-3-5-10(13)6-4-9/h3-6H,7-8H2,1-2H3. The minimum Gasteiger partial charge on any atom is -0.470 e. The highest BCUT2D eigenvalue weighted by atomic mass is 79.9. The number of thiocarbonyl (C=S) groups is 1. The number of Topliss-reactive ketones (excluding diaryl/α,β-unsaturated/α-hetero) is 1. The van der Waals surface area contributed by atoms with Crippen LogP contribution in [0.15, 0.2) is 28.7 Å². The molecule has 0 radical (unpaired) electrons. The molecule has 0 amide bonds. The molecule has 1 aromatic carbocycles. The summed E-state index contributed by atoms with van der Waals surface area (Å²) in [5.74, 6) is 0.0547. The summed E-state index contributed by atoms with van der Waals surface area (Å²) in [5.41, 5.74) is 0.688. The Labute approximate surface area is 115 Å². The normalized spacial score (nSPS) is 9.82. The Balaban J connectivity index is 2.40. The van der Waals surface area contributed by atoms with Crippen LogP contribution in [-0.2, 0) is 4.74 Å². The fourth-order valence-corrected chi connectivity index (χ4v) is 1.49. The Bertz CT molecular complexity index is 403. The zero-order valence-electron chi connectivity index (χ0n) is 9.77. The van der Waals surface area contributed by atoms with Gasteiger partial charge in [-0.1, -0.05) is 28.1 Å². The van der Waals surface area contributed by atoms with E-state index in [1.54, 1.807) is 31.1 Å². The highest BCUT2D eigenvalue weighted by Crippen LogP contribution is 2.12. The summed E-state index contributed by atoms with van der Waals surface area (Å²) in [7, 11) is 3.61. The van der Waals surface area contributed by atoms with Crippen molar-refractivity contribution in [2.24, 2.45) is 0 Å². The van der Waals surface area contributed by atoms with E-state index >= 15 is 0 Å². The van der Waals surface area contributed by atoms with Crippen molar-refractivity contribution in [2.75, 3.05) is 20.7 Å². The fourth-order valence-electron chi connectivity index (χ4n) is 1.14. The highest BCUT2D eigenvalue weighted by molar-refractivity contribution is 9.10. The number of hydrogen-bond acceptors (Lipinski definition) is 3. The van der Waals surface area contributed by atoms with E-state index in [0.717, 1.165) is 4.47 Å². The summed E-state index contributed by atoms with van der Waals surface area (Å²) in [5, 5.41) is 0.397. The van der Waals surface area contributed by atoms with Gasteiger partial charge in [0.2, 0.25) is 0 Å². The summed E-state index contributed by atoms with van der Waals surface area (Å²) in [4.78, 5) is 13.4. The number of rotatable bonds is 4. The molecular formula is C12H14BrNO2S. The average Bonchev–Trinajstić information content (AvgIpc) is 2.29. The number of hydrogen-bond donors (Lipinski definition) is 0. The molecule has 0 aromatic heterocycles. The van der Waals surface area contributed by atoms with Crippen LogP contribution in [-0.4, -0.2) is 36.6 Å². The van der Waals surface area contributed by atoms with Crippen LogP contribution in [0.5, 0.6) is 0 Å². The Morgan fingerprint density at radius 2 is 1.94 bits per heavy atom. The molecule has 0 bridgehead atoms. The fraction of sp³-hybridized carbons (Fsp3) is 0.333. The van der Waals surface area contributed by atoms with Crippen molar-refractivity contribution in [2.45, 2.75) is 6.42 Å². The maximum Gasteiger partial charge on any atom is 0.258 e. The quantitative estimate of drug-likeness (QED) is 0.631. The first-order valence-corrected chi connectivity index (χ1v) is 6.33. The van der Waals surface area contributed by atoms with Crippen molar-refractivity contribution < 1.29 is 9.53 Å². The molecule has 0 unspecified atom stereocenters. The number of halogens is 1. The van der Waals surface area contributed by atoms with Gasteiger partial charge in [-0.2, -0.15) is 0 Å². The number of carbonyl (C=O) groups is 1. The molecule has 1 rings (SSSR count). The maximum atomic E-state index is 11.8. The summed E-state index contributed by atoms with van der Waals surface area (Å²) in [6, 6.07) is 7.27. The second-order valence-electron chi connectivity index (χ2n) is 3.69. The van der Waals surface area contributed by atoms with Crippen molar-refractivity contribution in [3.8, 4) is 0 Å². The van der Waals surface area contributed by atoms with E-state index in [-0.39, 0.29) is 5.78 Å². The zero-order chi connectivity index (χ0) is 12.8. The molecule has 0 spiro atoms. The zero-order valence-corrected chi connectivity index (χ0v) is 12.2. The Kier molecular flexibility index (Phi) is 5.58. The van der Waals surface area contributed by atoms with Crippen molar-refractivity contribution >= 4 is 39.1 Å². The number of benzene rings is 1. The van der Waals surface area contributed by atoms with E-state index in [2.05, 4.69) is 15.9 Å². The lowest BCUT2D eigenvalue weighted by molar-refractivity contribution is 0.0956. The summed E-state index contributed by atoms with van der Waals surface area (Å²) in [6.45, 7) is 0.311. The summed E-state index contributed by atoms with van der Waals surface area (Å²) >= 11 is 8.27. The first-order valence-electron chi connectivity index (χ1n) is 5.13. The molecule has 5 heteroatoms. The predicted octanol–water partition coefficient (Wildman–Crippen LogP) is 2.89.